The van der Waals surface area contributed by atoms with Gasteiger partial charge in [-0.3, -0.25) is 0 Å². The van der Waals surface area contributed by atoms with Gasteiger partial charge in [0.15, 0.2) is 0 Å². The molecule has 0 amide bonds. The maximum absolute atomic E-state index is 10.4. The number of aliphatic hydroxyl groups is 2. The summed E-state index contributed by atoms with van der Waals surface area (Å²) >= 11 is 0. The van der Waals surface area contributed by atoms with Crippen molar-refractivity contribution < 1.29 is 10.2 Å². The van der Waals surface area contributed by atoms with Gasteiger partial charge in [-0.2, -0.15) is 0 Å². The topological polar surface area (TPSA) is 40.5 Å². The third-order valence-corrected chi connectivity index (χ3v) is 7.49. The molecule has 21 heavy (non-hydrogen) atoms. The Kier molecular flexibility index (Phi) is 2.97. The lowest BCUT2D eigenvalue weighted by Gasteiger charge is -2.54. The molecule has 0 unspecified atom stereocenters. The highest BCUT2D eigenvalue weighted by Crippen LogP contribution is 2.63. The van der Waals surface area contributed by atoms with Gasteiger partial charge in [-0.1, -0.05) is 37.1 Å². The third kappa shape index (κ3) is 1.78. The molecule has 6 atom stereocenters. The van der Waals surface area contributed by atoms with E-state index in [0.29, 0.717) is 11.8 Å². The van der Waals surface area contributed by atoms with Crippen LogP contribution in [0.5, 0.6) is 0 Å². The maximum Gasteiger partial charge on any atom is 0.0599 e. The van der Waals surface area contributed by atoms with Crippen LogP contribution in [0.25, 0.3) is 0 Å². The Bertz CT molecular complexity index is 520. The molecule has 0 aromatic carbocycles. The standard InChI is InChI=1S/C19H28O2/c1-18-9-7-13(20)11-12(18)3-4-14-15-5-6-17(21)19(15,2)10-8-16(14)18/h3-4,13,15-17,20-21H,5-11H2,1-2H3/t13-,15-,16+,17+,18+,19-/m0/s1. The fourth-order valence-corrected chi connectivity index (χ4v) is 5.96. The number of hydrogen-bond donors (Lipinski definition) is 2. The Morgan fingerprint density at radius 2 is 1.76 bits per heavy atom. The fourth-order valence-electron chi connectivity index (χ4n) is 5.96. The second-order valence-electron chi connectivity index (χ2n) is 8.42. The first-order valence-electron chi connectivity index (χ1n) is 8.72. The lowest BCUT2D eigenvalue weighted by atomic mass is 9.51. The number of aliphatic hydroxyl groups excluding tert-OH is 2. The van der Waals surface area contributed by atoms with Gasteiger partial charge in [0.1, 0.15) is 0 Å². The zero-order valence-electron chi connectivity index (χ0n) is 13.3. The van der Waals surface area contributed by atoms with Gasteiger partial charge in [0.2, 0.25) is 0 Å². The van der Waals surface area contributed by atoms with E-state index in [4.69, 9.17) is 0 Å². The van der Waals surface area contributed by atoms with Crippen molar-refractivity contribution in [3.05, 3.63) is 23.3 Å². The molecule has 0 saturated heterocycles. The molecule has 0 aromatic rings. The molecule has 0 aliphatic heterocycles. The summed E-state index contributed by atoms with van der Waals surface area (Å²) in [6.45, 7) is 4.73. The number of hydrogen-bond acceptors (Lipinski definition) is 2. The Morgan fingerprint density at radius 1 is 0.952 bits per heavy atom. The molecular weight excluding hydrogens is 260 g/mol. The predicted octanol–water partition coefficient (Wildman–Crippen LogP) is 3.59. The van der Waals surface area contributed by atoms with Crippen molar-refractivity contribution in [2.24, 2.45) is 22.7 Å². The molecule has 2 nitrogen and oxygen atoms in total. The van der Waals surface area contributed by atoms with Gasteiger partial charge in [-0.15, -0.1) is 0 Å². The summed E-state index contributed by atoms with van der Waals surface area (Å²) in [6.07, 6.45) is 11.8. The monoisotopic (exact) mass is 288 g/mol. The van der Waals surface area contributed by atoms with Crippen molar-refractivity contribution >= 4 is 0 Å². The van der Waals surface area contributed by atoms with Gasteiger partial charge < -0.3 is 10.2 Å². The Labute approximate surface area is 127 Å². The van der Waals surface area contributed by atoms with Gasteiger partial charge in [0.25, 0.3) is 0 Å². The van der Waals surface area contributed by atoms with Crippen LogP contribution in [0, 0.1) is 22.7 Å². The third-order valence-electron chi connectivity index (χ3n) is 7.49. The molecule has 0 aromatic heterocycles. The Morgan fingerprint density at radius 3 is 2.57 bits per heavy atom. The average Bonchev–Trinajstić information content (AvgIpc) is 2.76. The molecule has 3 saturated carbocycles. The summed E-state index contributed by atoms with van der Waals surface area (Å²) in [6, 6.07) is 0. The van der Waals surface area contributed by atoms with Crippen LogP contribution in [-0.2, 0) is 0 Å². The highest BCUT2D eigenvalue weighted by molar-refractivity contribution is 5.38. The highest BCUT2D eigenvalue weighted by Gasteiger charge is 2.55. The number of rotatable bonds is 0. The number of fused-ring (bicyclic) bond motifs is 5. The minimum absolute atomic E-state index is 0.109. The first-order valence-corrected chi connectivity index (χ1v) is 8.72. The maximum atomic E-state index is 10.4. The van der Waals surface area contributed by atoms with Crippen LogP contribution in [0.15, 0.2) is 23.3 Å². The summed E-state index contributed by atoms with van der Waals surface area (Å²) in [5, 5.41) is 20.4. The van der Waals surface area contributed by atoms with Gasteiger partial charge >= 0.3 is 0 Å². The summed E-state index contributed by atoms with van der Waals surface area (Å²) in [4.78, 5) is 0. The largest absolute Gasteiger partial charge is 0.393 e. The smallest absolute Gasteiger partial charge is 0.0599 e. The van der Waals surface area contributed by atoms with E-state index in [1.165, 1.54) is 12.0 Å². The molecule has 0 heterocycles. The van der Waals surface area contributed by atoms with Crippen molar-refractivity contribution in [2.75, 3.05) is 0 Å². The summed E-state index contributed by atoms with van der Waals surface area (Å²) in [5.74, 6) is 1.22. The van der Waals surface area contributed by atoms with E-state index in [2.05, 4.69) is 26.0 Å². The normalized spacial score (nSPS) is 52.4. The lowest BCUT2D eigenvalue weighted by molar-refractivity contribution is 0.00143. The SMILES string of the molecule is C[C@]12CC[C@@H]3C(=CC=C4C[C@@H](O)CC[C@]43C)[C@@H]1CC[C@H]2O. The Hall–Kier alpha value is -0.600. The first kappa shape index (κ1) is 14.0. The lowest BCUT2D eigenvalue weighted by Crippen LogP contribution is -2.46. The van der Waals surface area contributed by atoms with Gasteiger partial charge in [0, 0.05) is 5.41 Å². The van der Waals surface area contributed by atoms with Crippen molar-refractivity contribution in [3.8, 4) is 0 Å². The van der Waals surface area contributed by atoms with E-state index in [1.807, 2.05) is 0 Å². The highest BCUT2D eigenvalue weighted by atomic mass is 16.3. The van der Waals surface area contributed by atoms with Crippen LogP contribution in [-0.4, -0.2) is 22.4 Å². The van der Waals surface area contributed by atoms with Gasteiger partial charge in [-0.05, 0) is 62.2 Å². The molecule has 2 N–H and O–H groups in total. The van der Waals surface area contributed by atoms with Crippen molar-refractivity contribution in [3.63, 3.8) is 0 Å². The van der Waals surface area contributed by atoms with Crippen LogP contribution < -0.4 is 0 Å². The zero-order valence-corrected chi connectivity index (χ0v) is 13.3. The summed E-state index contributed by atoms with van der Waals surface area (Å²) in [5.41, 5.74) is 3.45. The van der Waals surface area contributed by atoms with E-state index in [9.17, 15) is 10.2 Å². The van der Waals surface area contributed by atoms with Crippen LogP contribution in [0.3, 0.4) is 0 Å². The molecule has 116 valence electrons. The van der Waals surface area contributed by atoms with E-state index < -0.39 is 0 Å². The first-order chi connectivity index (χ1) is 9.95. The van der Waals surface area contributed by atoms with Crippen molar-refractivity contribution in [1.82, 2.24) is 0 Å². The van der Waals surface area contributed by atoms with Gasteiger partial charge in [0.05, 0.1) is 12.2 Å². The minimum Gasteiger partial charge on any atom is -0.393 e. The van der Waals surface area contributed by atoms with Crippen molar-refractivity contribution in [2.45, 2.75) is 71.0 Å². The second-order valence-corrected chi connectivity index (χ2v) is 8.42. The second kappa shape index (κ2) is 4.45. The van der Waals surface area contributed by atoms with Gasteiger partial charge in [-0.25, -0.2) is 0 Å². The quantitative estimate of drug-likeness (QED) is 0.715. The fraction of sp³-hybridized carbons (Fsp3) is 0.789. The average molecular weight is 288 g/mol. The van der Waals surface area contributed by atoms with E-state index in [0.717, 1.165) is 38.5 Å². The molecule has 2 heteroatoms. The zero-order chi connectivity index (χ0) is 14.8. The molecule has 4 aliphatic carbocycles. The molecule has 0 spiro atoms. The number of allylic oxidation sites excluding steroid dienone is 3. The Balaban J connectivity index is 1.74. The van der Waals surface area contributed by atoms with Crippen LogP contribution >= 0.6 is 0 Å². The minimum atomic E-state index is -0.138. The van der Waals surface area contributed by atoms with E-state index >= 15 is 0 Å². The molecule has 0 radical (unpaired) electrons. The van der Waals surface area contributed by atoms with Crippen LogP contribution in [0.4, 0.5) is 0 Å². The van der Waals surface area contributed by atoms with E-state index in [1.54, 1.807) is 5.57 Å². The molecule has 3 fully saturated rings. The van der Waals surface area contributed by atoms with E-state index in [-0.39, 0.29) is 23.0 Å². The molecule has 0 bridgehead atoms. The summed E-state index contributed by atoms with van der Waals surface area (Å²) < 4.78 is 0. The van der Waals surface area contributed by atoms with Crippen LogP contribution in [0.1, 0.15) is 58.8 Å². The van der Waals surface area contributed by atoms with Crippen LogP contribution in [0.2, 0.25) is 0 Å². The molecule has 4 rings (SSSR count). The predicted molar refractivity (Wildman–Crippen MR) is 83.7 cm³/mol. The van der Waals surface area contributed by atoms with Crippen molar-refractivity contribution in [1.29, 1.82) is 0 Å². The molecule has 4 aliphatic rings. The summed E-state index contributed by atoms with van der Waals surface area (Å²) in [7, 11) is 0. The molecular formula is C19H28O2.